The Morgan fingerprint density at radius 1 is 1.47 bits per heavy atom. The molecular weight excluding hydrogens is 248 g/mol. The SMILES string of the molecule is CC(=O)N1CC(=O)NC(=Cc2ncn(C)c2C)C1=O. The van der Waals surface area contributed by atoms with Gasteiger partial charge in [0.15, 0.2) is 0 Å². The van der Waals surface area contributed by atoms with Gasteiger partial charge >= 0.3 is 0 Å². The molecule has 0 unspecified atom stereocenters. The molecule has 0 aromatic carbocycles. The average Bonchev–Trinajstić information content (AvgIpc) is 2.65. The predicted molar refractivity (Wildman–Crippen MR) is 66.5 cm³/mol. The van der Waals surface area contributed by atoms with E-state index in [2.05, 4.69) is 10.3 Å². The van der Waals surface area contributed by atoms with Crippen LogP contribution in [0.4, 0.5) is 0 Å². The molecule has 1 aromatic heterocycles. The lowest BCUT2D eigenvalue weighted by Crippen LogP contribution is -2.51. The molecule has 1 N–H and O–H groups in total. The summed E-state index contributed by atoms with van der Waals surface area (Å²) in [5.74, 6) is -1.37. The van der Waals surface area contributed by atoms with Gasteiger partial charge in [0, 0.05) is 19.7 Å². The summed E-state index contributed by atoms with van der Waals surface area (Å²) in [7, 11) is 1.83. The van der Waals surface area contributed by atoms with Crippen molar-refractivity contribution >= 4 is 23.8 Å². The van der Waals surface area contributed by atoms with Crippen molar-refractivity contribution in [2.75, 3.05) is 6.54 Å². The Bertz CT molecular complexity index is 600. The third-order valence-electron chi connectivity index (χ3n) is 2.98. The number of hydrogen-bond acceptors (Lipinski definition) is 4. The molecule has 0 radical (unpaired) electrons. The Labute approximate surface area is 109 Å². The van der Waals surface area contributed by atoms with Crippen LogP contribution >= 0.6 is 0 Å². The molecule has 0 atom stereocenters. The standard InChI is InChI=1S/C12H14N4O3/c1-7-9(13-6-15(7)3)4-10-12(19)16(8(2)17)5-11(18)14-10/h4,6H,5H2,1-3H3,(H,14,18). The van der Waals surface area contributed by atoms with Crippen LogP contribution in [0.2, 0.25) is 0 Å². The highest BCUT2D eigenvalue weighted by Gasteiger charge is 2.30. The van der Waals surface area contributed by atoms with E-state index in [0.29, 0.717) is 5.69 Å². The molecule has 0 saturated carbocycles. The van der Waals surface area contributed by atoms with Gasteiger partial charge in [-0.3, -0.25) is 19.3 Å². The Kier molecular flexibility index (Phi) is 3.20. The van der Waals surface area contributed by atoms with Crippen LogP contribution in [-0.2, 0) is 21.4 Å². The highest BCUT2D eigenvalue weighted by atomic mass is 16.2. The van der Waals surface area contributed by atoms with Crippen molar-refractivity contribution in [2.45, 2.75) is 13.8 Å². The molecule has 7 nitrogen and oxygen atoms in total. The molecule has 1 saturated heterocycles. The molecule has 0 aliphatic carbocycles. The van der Waals surface area contributed by atoms with Crippen LogP contribution in [0.5, 0.6) is 0 Å². The summed E-state index contributed by atoms with van der Waals surface area (Å²) in [6, 6.07) is 0. The molecule has 0 bridgehead atoms. The van der Waals surface area contributed by atoms with Gasteiger partial charge in [-0.15, -0.1) is 0 Å². The molecule has 1 aliphatic rings. The van der Waals surface area contributed by atoms with Gasteiger partial charge in [-0.25, -0.2) is 4.98 Å². The highest BCUT2D eigenvalue weighted by molar-refractivity contribution is 6.12. The van der Waals surface area contributed by atoms with Gasteiger partial charge in [0.2, 0.25) is 11.8 Å². The number of nitrogens with one attached hydrogen (secondary N) is 1. The van der Waals surface area contributed by atoms with Crippen molar-refractivity contribution < 1.29 is 14.4 Å². The molecule has 2 rings (SSSR count). The maximum absolute atomic E-state index is 12.0. The lowest BCUT2D eigenvalue weighted by Gasteiger charge is -2.25. The molecule has 100 valence electrons. The van der Waals surface area contributed by atoms with Crippen molar-refractivity contribution in [2.24, 2.45) is 7.05 Å². The van der Waals surface area contributed by atoms with Crippen LogP contribution in [0.1, 0.15) is 18.3 Å². The van der Waals surface area contributed by atoms with Gasteiger partial charge in [0.25, 0.3) is 5.91 Å². The van der Waals surface area contributed by atoms with E-state index < -0.39 is 17.7 Å². The third kappa shape index (κ3) is 2.40. The smallest absolute Gasteiger partial charge is 0.277 e. The number of nitrogens with zero attached hydrogens (tertiary/aromatic N) is 3. The highest BCUT2D eigenvalue weighted by Crippen LogP contribution is 2.13. The minimum atomic E-state index is -0.517. The summed E-state index contributed by atoms with van der Waals surface area (Å²) < 4.78 is 1.80. The summed E-state index contributed by atoms with van der Waals surface area (Å²) in [4.78, 5) is 39.8. The van der Waals surface area contributed by atoms with Crippen molar-refractivity contribution in [1.82, 2.24) is 19.8 Å². The monoisotopic (exact) mass is 262 g/mol. The van der Waals surface area contributed by atoms with E-state index >= 15 is 0 Å². The normalized spacial score (nSPS) is 17.8. The van der Waals surface area contributed by atoms with Crippen molar-refractivity contribution in [3.05, 3.63) is 23.4 Å². The number of aryl methyl sites for hydroxylation is 1. The summed E-state index contributed by atoms with van der Waals surface area (Å²) in [5, 5.41) is 2.47. The maximum atomic E-state index is 12.0. The van der Waals surface area contributed by atoms with Crippen molar-refractivity contribution in [3.63, 3.8) is 0 Å². The number of amides is 3. The largest absolute Gasteiger partial charge is 0.337 e. The summed E-state index contributed by atoms with van der Waals surface area (Å²) >= 11 is 0. The summed E-state index contributed by atoms with van der Waals surface area (Å²) in [6.07, 6.45) is 3.09. The molecule has 19 heavy (non-hydrogen) atoms. The zero-order valence-corrected chi connectivity index (χ0v) is 10.9. The fraction of sp³-hybridized carbons (Fsp3) is 0.333. The first-order valence-electron chi connectivity index (χ1n) is 5.72. The predicted octanol–water partition coefficient (Wildman–Crippen LogP) is -0.426. The van der Waals surface area contributed by atoms with E-state index in [1.54, 1.807) is 10.9 Å². The maximum Gasteiger partial charge on any atom is 0.277 e. The Hall–Kier alpha value is -2.44. The van der Waals surface area contributed by atoms with E-state index in [1.807, 2.05) is 14.0 Å². The van der Waals surface area contributed by atoms with Gasteiger partial charge < -0.3 is 9.88 Å². The number of aromatic nitrogens is 2. The van der Waals surface area contributed by atoms with Gasteiger partial charge in [-0.2, -0.15) is 0 Å². The molecule has 1 aliphatic heterocycles. The van der Waals surface area contributed by atoms with E-state index in [9.17, 15) is 14.4 Å². The van der Waals surface area contributed by atoms with Crippen LogP contribution in [0.15, 0.2) is 12.0 Å². The Balaban J connectivity index is 2.37. The second kappa shape index (κ2) is 4.68. The molecule has 1 fully saturated rings. The molecule has 1 aromatic rings. The van der Waals surface area contributed by atoms with E-state index in [1.165, 1.54) is 13.0 Å². The van der Waals surface area contributed by atoms with Crippen LogP contribution in [0.3, 0.4) is 0 Å². The Morgan fingerprint density at radius 3 is 2.68 bits per heavy atom. The number of rotatable bonds is 1. The minimum Gasteiger partial charge on any atom is -0.337 e. The van der Waals surface area contributed by atoms with Crippen LogP contribution < -0.4 is 5.32 Å². The van der Waals surface area contributed by atoms with Gasteiger partial charge in [0.1, 0.15) is 12.2 Å². The number of imidazole rings is 1. The molecule has 3 amide bonds. The van der Waals surface area contributed by atoms with E-state index in [4.69, 9.17) is 0 Å². The average molecular weight is 262 g/mol. The number of piperazine rings is 1. The summed E-state index contributed by atoms with van der Waals surface area (Å²) in [6.45, 7) is 2.85. The second-order valence-corrected chi connectivity index (χ2v) is 4.34. The first-order chi connectivity index (χ1) is 8.90. The first kappa shape index (κ1) is 13.0. The summed E-state index contributed by atoms with van der Waals surface area (Å²) in [5.41, 5.74) is 1.50. The number of carbonyl (C=O) groups is 3. The lowest BCUT2D eigenvalue weighted by atomic mass is 10.2. The van der Waals surface area contributed by atoms with Gasteiger partial charge in [-0.05, 0) is 13.0 Å². The van der Waals surface area contributed by atoms with Crippen LogP contribution in [0, 0.1) is 6.92 Å². The van der Waals surface area contributed by atoms with Crippen molar-refractivity contribution in [1.29, 1.82) is 0 Å². The third-order valence-corrected chi connectivity index (χ3v) is 2.98. The molecular formula is C12H14N4O3. The molecule has 2 heterocycles. The van der Waals surface area contributed by atoms with Gasteiger partial charge in [0.05, 0.1) is 12.0 Å². The van der Waals surface area contributed by atoms with E-state index in [0.717, 1.165) is 10.6 Å². The van der Waals surface area contributed by atoms with E-state index in [-0.39, 0.29) is 12.2 Å². The fourth-order valence-corrected chi connectivity index (χ4v) is 1.74. The number of imide groups is 1. The van der Waals surface area contributed by atoms with Crippen molar-refractivity contribution in [3.8, 4) is 0 Å². The molecule has 0 spiro atoms. The van der Waals surface area contributed by atoms with Crippen LogP contribution in [-0.4, -0.2) is 38.7 Å². The molecule has 7 heteroatoms. The lowest BCUT2D eigenvalue weighted by molar-refractivity contribution is -0.147. The fourth-order valence-electron chi connectivity index (χ4n) is 1.74. The Morgan fingerprint density at radius 2 is 2.16 bits per heavy atom. The number of carbonyl (C=O) groups excluding carboxylic acids is 3. The topological polar surface area (TPSA) is 84.3 Å². The van der Waals surface area contributed by atoms with Gasteiger partial charge in [-0.1, -0.05) is 0 Å². The zero-order valence-electron chi connectivity index (χ0n) is 10.9. The zero-order chi connectivity index (χ0) is 14.2. The van der Waals surface area contributed by atoms with Crippen LogP contribution in [0.25, 0.3) is 6.08 Å². The quantitative estimate of drug-likeness (QED) is 0.696. The minimum absolute atomic E-state index is 0.0632. The number of hydrogen-bond donors (Lipinski definition) is 1. The first-order valence-corrected chi connectivity index (χ1v) is 5.72. The second-order valence-electron chi connectivity index (χ2n) is 4.34.